The fourth-order valence-corrected chi connectivity index (χ4v) is 1.53. The van der Waals surface area contributed by atoms with Gasteiger partial charge in [0, 0.05) is 4.47 Å². The third-order valence-corrected chi connectivity index (χ3v) is 3.23. The summed E-state index contributed by atoms with van der Waals surface area (Å²) in [5, 5.41) is 12.8. The largest absolute Gasteiger partial charge is 0.391 e. The van der Waals surface area contributed by atoms with Crippen LogP contribution in [0.15, 0.2) is 16.6 Å². The number of pyridine rings is 1. The van der Waals surface area contributed by atoms with Gasteiger partial charge in [-0.05, 0) is 48.3 Å². The number of aromatic nitrogens is 1. The summed E-state index contributed by atoms with van der Waals surface area (Å²) in [6.07, 6.45) is 0.402. The normalized spacial score (nSPS) is 14.7. The molecule has 0 aliphatic carbocycles. The van der Waals surface area contributed by atoms with Crippen molar-refractivity contribution >= 4 is 21.7 Å². The van der Waals surface area contributed by atoms with Crippen LogP contribution >= 0.6 is 15.9 Å². The van der Waals surface area contributed by atoms with Gasteiger partial charge in [-0.3, -0.25) is 0 Å². The molecule has 0 amide bonds. The first kappa shape index (κ1) is 12.5. The van der Waals surface area contributed by atoms with Crippen molar-refractivity contribution in [3.63, 3.8) is 0 Å². The first-order valence-electron chi connectivity index (χ1n) is 5.12. The Hall–Kier alpha value is -0.610. The van der Waals surface area contributed by atoms with Gasteiger partial charge in [0.15, 0.2) is 0 Å². The van der Waals surface area contributed by atoms with Crippen LogP contribution in [-0.2, 0) is 0 Å². The summed E-state index contributed by atoms with van der Waals surface area (Å²) in [4.78, 5) is 4.36. The highest BCUT2D eigenvalue weighted by atomic mass is 79.9. The van der Waals surface area contributed by atoms with Gasteiger partial charge in [-0.1, -0.05) is 6.92 Å². The second kappa shape index (κ2) is 5.47. The molecule has 1 rings (SSSR count). The number of aliphatic hydroxyl groups is 1. The van der Waals surface area contributed by atoms with Gasteiger partial charge in [0.25, 0.3) is 0 Å². The molecule has 0 spiro atoms. The number of anilines is 1. The number of aliphatic hydroxyl groups excluding tert-OH is 1. The van der Waals surface area contributed by atoms with E-state index in [1.807, 2.05) is 32.9 Å². The van der Waals surface area contributed by atoms with E-state index in [4.69, 9.17) is 0 Å². The summed E-state index contributed by atoms with van der Waals surface area (Å²) >= 11 is 3.40. The zero-order valence-electron chi connectivity index (χ0n) is 9.29. The summed E-state index contributed by atoms with van der Waals surface area (Å²) in [6, 6.07) is 3.87. The SMILES string of the molecule is CCC(O)C(C)Nc1ccc(Br)c(C)n1. The molecule has 2 unspecified atom stereocenters. The van der Waals surface area contributed by atoms with Gasteiger partial charge < -0.3 is 10.4 Å². The molecule has 84 valence electrons. The molecule has 0 saturated heterocycles. The van der Waals surface area contributed by atoms with Gasteiger partial charge in [0.2, 0.25) is 0 Å². The van der Waals surface area contributed by atoms with Gasteiger partial charge in [-0.25, -0.2) is 4.98 Å². The zero-order valence-corrected chi connectivity index (χ0v) is 10.9. The van der Waals surface area contributed by atoms with Crippen molar-refractivity contribution in [2.24, 2.45) is 0 Å². The van der Waals surface area contributed by atoms with Crippen LogP contribution in [0.25, 0.3) is 0 Å². The van der Waals surface area contributed by atoms with Crippen LogP contribution < -0.4 is 5.32 Å². The quantitative estimate of drug-likeness (QED) is 0.886. The van der Waals surface area contributed by atoms with Crippen molar-refractivity contribution in [3.05, 3.63) is 22.3 Å². The van der Waals surface area contributed by atoms with E-state index in [0.717, 1.165) is 22.4 Å². The van der Waals surface area contributed by atoms with E-state index >= 15 is 0 Å². The lowest BCUT2D eigenvalue weighted by Crippen LogP contribution is -2.30. The van der Waals surface area contributed by atoms with E-state index in [1.54, 1.807) is 0 Å². The van der Waals surface area contributed by atoms with Gasteiger partial charge in [-0.15, -0.1) is 0 Å². The van der Waals surface area contributed by atoms with Crippen LogP contribution in [-0.4, -0.2) is 22.2 Å². The van der Waals surface area contributed by atoms with Crippen LogP contribution in [0, 0.1) is 6.92 Å². The Balaban J connectivity index is 2.68. The molecule has 0 fully saturated rings. The summed E-state index contributed by atoms with van der Waals surface area (Å²) in [5.41, 5.74) is 0.943. The van der Waals surface area contributed by atoms with Crippen molar-refractivity contribution < 1.29 is 5.11 Å². The monoisotopic (exact) mass is 272 g/mol. The maximum Gasteiger partial charge on any atom is 0.126 e. The summed E-state index contributed by atoms with van der Waals surface area (Å²) in [7, 11) is 0. The van der Waals surface area contributed by atoms with Crippen molar-refractivity contribution in [2.45, 2.75) is 39.3 Å². The number of aryl methyl sites for hydroxylation is 1. The number of halogens is 1. The van der Waals surface area contributed by atoms with Crippen LogP contribution in [0.3, 0.4) is 0 Å². The third-order valence-electron chi connectivity index (χ3n) is 2.39. The minimum atomic E-state index is -0.337. The fraction of sp³-hybridized carbons (Fsp3) is 0.545. The Labute approximate surface area is 99.1 Å². The Morgan fingerprint density at radius 2 is 2.20 bits per heavy atom. The van der Waals surface area contributed by atoms with Crippen LogP contribution in [0.1, 0.15) is 26.0 Å². The lowest BCUT2D eigenvalue weighted by atomic mass is 10.1. The highest BCUT2D eigenvalue weighted by molar-refractivity contribution is 9.10. The average Bonchev–Trinajstić information content (AvgIpc) is 2.22. The molecular formula is C11H17BrN2O. The third kappa shape index (κ3) is 3.47. The minimum absolute atomic E-state index is 0.0167. The minimum Gasteiger partial charge on any atom is -0.391 e. The first-order chi connectivity index (χ1) is 7.04. The van der Waals surface area contributed by atoms with Crippen LogP contribution in [0.2, 0.25) is 0 Å². The molecule has 3 nitrogen and oxygen atoms in total. The van der Waals surface area contributed by atoms with Gasteiger partial charge in [0.1, 0.15) is 5.82 Å². The maximum absolute atomic E-state index is 9.61. The van der Waals surface area contributed by atoms with E-state index in [2.05, 4.69) is 26.2 Å². The first-order valence-corrected chi connectivity index (χ1v) is 5.91. The highest BCUT2D eigenvalue weighted by Crippen LogP contribution is 2.17. The molecule has 0 aromatic carbocycles. The topological polar surface area (TPSA) is 45.1 Å². The van der Waals surface area contributed by atoms with Crippen molar-refractivity contribution in [1.82, 2.24) is 4.98 Å². The van der Waals surface area contributed by atoms with Crippen LogP contribution in [0.4, 0.5) is 5.82 Å². The molecular weight excluding hydrogens is 256 g/mol. The second-order valence-corrected chi connectivity index (χ2v) is 4.53. The zero-order chi connectivity index (χ0) is 11.4. The Morgan fingerprint density at radius 3 is 2.73 bits per heavy atom. The smallest absolute Gasteiger partial charge is 0.126 e. The number of nitrogens with one attached hydrogen (secondary N) is 1. The average molecular weight is 273 g/mol. The number of hydrogen-bond donors (Lipinski definition) is 2. The van der Waals surface area contributed by atoms with E-state index in [0.29, 0.717) is 0 Å². The van der Waals surface area contributed by atoms with Crippen LogP contribution in [0.5, 0.6) is 0 Å². The lowest BCUT2D eigenvalue weighted by Gasteiger charge is -2.19. The molecule has 0 aliphatic heterocycles. The standard InChI is InChI=1S/C11H17BrN2O/c1-4-10(15)8(3)14-11-6-5-9(12)7(2)13-11/h5-6,8,10,15H,4H2,1-3H3,(H,13,14). The maximum atomic E-state index is 9.61. The van der Waals surface area contributed by atoms with Crippen molar-refractivity contribution in [2.75, 3.05) is 5.32 Å². The van der Waals surface area contributed by atoms with E-state index in [-0.39, 0.29) is 12.1 Å². The predicted octanol–water partition coefficient (Wildman–Crippen LogP) is 2.72. The molecule has 1 heterocycles. The molecule has 0 bridgehead atoms. The molecule has 4 heteroatoms. The Morgan fingerprint density at radius 1 is 1.53 bits per heavy atom. The number of nitrogens with zero attached hydrogens (tertiary/aromatic N) is 1. The molecule has 0 radical (unpaired) electrons. The predicted molar refractivity (Wildman–Crippen MR) is 66.1 cm³/mol. The molecule has 15 heavy (non-hydrogen) atoms. The Kier molecular flexibility index (Phi) is 4.54. The second-order valence-electron chi connectivity index (χ2n) is 3.67. The van der Waals surface area contributed by atoms with E-state index in [1.165, 1.54) is 0 Å². The summed E-state index contributed by atoms with van der Waals surface area (Å²) in [5.74, 6) is 0.802. The number of rotatable bonds is 4. The van der Waals surface area contributed by atoms with Gasteiger partial charge in [0.05, 0.1) is 17.8 Å². The molecule has 1 aromatic rings. The van der Waals surface area contributed by atoms with E-state index < -0.39 is 0 Å². The molecule has 1 aromatic heterocycles. The van der Waals surface area contributed by atoms with Crippen molar-refractivity contribution in [1.29, 1.82) is 0 Å². The molecule has 0 saturated carbocycles. The number of hydrogen-bond acceptors (Lipinski definition) is 3. The lowest BCUT2D eigenvalue weighted by molar-refractivity contribution is 0.154. The highest BCUT2D eigenvalue weighted by Gasteiger charge is 2.12. The Bertz CT molecular complexity index is 330. The van der Waals surface area contributed by atoms with Crippen molar-refractivity contribution in [3.8, 4) is 0 Å². The molecule has 2 N–H and O–H groups in total. The van der Waals surface area contributed by atoms with Gasteiger partial charge >= 0.3 is 0 Å². The molecule has 0 aliphatic rings. The summed E-state index contributed by atoms with van der Waals surface area (Å²) in [6.45, 7) is 5.85. The summed E-state index contributed by atoms with van der Waals surface area (Å²) < 4.78 is 0.997. The van der Waals surface area contributed by atoms with Gasteiger partial charge in [-0.2, -0.15) is 0 Å². The molecule has 2 atom stereocenters. The fourth-order valence-electron chi connectivity index (χ4n) is 1.31. The van der Waals surface area contributed by atoms with E-state index in [9.17, 15) is 5.11 Å².